The molecule has 340 valence electrons. The van der Waals surface area contributed by atoms with E-state index in [4.69, 9.17) is 19.6 Å². The molecule has 6 aromatic carbocycles. The van der Waals surface area contributed by atoms with Crippen molar-refractivity contribution in [1.82, 2.24) is 19.7 Å². The topological polar surface area (TPSA) is 89.7 Å². The summed E-state index contributed by atoms with van der Waals surface area (Å²) in [5.74, 6) is 1.71. The molecule has 1 atom stereocenters. The summed E-state index contributed by atoms with van der Waals surface area (Å²) in [7, 11) is 0. The van der Waals surface area contributed by atoms with Crippen LogP contribution < -0.4 is 9.47 Å². The van der Waals surface area contributed by atoms with Gasteiger partial charge >= 0.3 is 6.09 Å². The lowest BCUT2D eigenvalue weighted by Crippen LogP contribution is -2.55. The molecule has 8 nitrogen and oxygen atoms in total. The van der Waals surface area contributed by atoms with Crippen molar-refractivity contribution < 1.29 is 23.8 Å². The SMILES string of the molecule is CCSc1nc2c(C(C)(C)C)c(-c3c(C)c(F)cc4nn(C(c5ccccc5)(c5ccccc5)c5ccccc5)cc34)c(C3CC3)cc2c(OC2CN(C(=O)O)C2)c1O[C@@H](C)c1ccccc1. The van der Waals surface area contributed by atoms with Gasteiger partial charge in [-0.2, -0.15) is 5.10 Å². The first-order valence-electron chi connectivity index (χ1n) is 23.3. The molecule has 1 aliphatic heterocycles. The van der Waals surface area contributed by atoms with Crippen molar-refractivity contribution in [3.05, 3.63) is 184 Å². The Morgan fingerprint density at radius 2 is 1.39 bits per heavy atom. The van der Waals surface area contributed by atoms with Crippen molar-refractivity contribution in [2.24, 2.45) is 0 Å². The maximum absolute atomic E-state index is 17.0. The van der Waals surface area contributed by atoms with Crippen LogP contribution in [0.5, 0.6) is 11.5 Å². The predicted octanol–water partition coefficient (Wildman–Crippen LogP) is 13.7. The summed E-state index contributed by atoms with van der Waals surface area (Å²) in [6.07, 6.45) is 2.40. The lowest BCUT2D eigenvalue weighted by molar-refractivity contribution is 0.0234. The van der Waals surface area contributed by atoms with Gasteiger partial charge in [0.15, 0.2) is 11.5 Å². The zero-order valence-corrected chi connectivity index (χ0v) is 39.6. The minimum Gasteiger partial charge on any atom is -0.482 e. The van der Waals surface area contributed by atoms with Crippen LogP contribution in [0.3, 0.4) is 0 Å². The second-order valence-electron chi connectivity index (χ2n) is 18.9. The molecule has 1 aliphatic carbocycles. The van der Waals surface area contributed by atoms with E-state index in [2.05, 4.69) is 113 Å². The second-order valence-corrected chi connectivity index (χ2v) is 20.2. The van der Waals surface area contributed by atoms with E-state index in [9.17, 15) is 9.90 Å². The fourth-order valence-corrected chi connectivity index (χ4v) is 10.7. The Bertz CT molecular complexity index is 3010. The molecule has 8 aromatic rings. The number of fused-ring (bicyclic) bond motifs is 2. The average Bonchev–Trinajstić information content (AvgIpc) is 4.08. The second kappa shape index (κ2) is 17.5. The molecule has 67 heavy (non-hydrogen) atoms. The van der Waals surface area contributed by atoms with Gasteiger partial charge in [0, 0.05) is 23.0 Å². The molecule has 2 fully saturated rings. The van der Waals surface area contributed by atoms with Gasteiger partial charge in [-0.1, -0.05) is 149 Å². The number of likely N-dealkylation sites (tertiary alicyclic amines) is 1. The summed E-state index contributed by atoms with van der Waals surface area (Å²) < 4.78 is 33.0. The van der Waals surface area contributed by atoms with Crippen LogP contribution in [-0.2, 0) is 11.0 Å². The van der Waals surface area contributed by atoms with Crippen LogP contribution in [0.15, 0.2) is 145 Å². The van der Waals surface area contributed by atoms with Gasteiger partial charge < -0.3 is 19.5 Å². The van der Waals surface area contributed by atoms with Crippen molar-refractivity contribution in [3.63, 3.8) is 0 Å². The first-order valence-corrected chi connectivity index (χ1v) is 24.3. The third-order valence-corrected chi connectivity index (χ3v) is 14.2. The number of thioether (sulfide) groups is 1. The Hall–Kier alpha value is -6.65. The Balaban J connectivity index is 1.28. The van der Waals surface area contributed by atoms with Crippen molar-refractivity contribution in [2.75, 3.05) is 18.8 Å². The highest BCUT2D eigenvalue weighted by Gasteiger charge is 2.42. The normalized spacial score (nSPS) is 14.9. The highest BCUT2D eigenvalue weighted by molar-refractivity contribution is 7.99. The molecule has 3 heterocycles. The maximum atomic E-state index is 17.0. The largest absolute Gasteiger partial charge is 0.482 e. The number of hydrogen-bond donors (Lipinski definition) is 1. The number of carbonyl (C=O) groups is 1. The van der Waals surface area contributed by atoms with Crippen LogP contribution in [0.25, 0.3) is 32.9 Å². The lowest BCUT2D eigenvalue weighted by atomic mass is 9.76. The van der Waals surface area contributed by atoms with Gasteiger partial charge in [-0.25, -0.2) is 14.2 Å². The van der Waals surface area contributed by atoms with Gasteiger partial charge in [-0.05, 0) is 99.9 Å². The molecule has 1 N–H and O–H groups in total. The Morgan fingerprint density at radius 1 is 0.821 bits per heavy atom. The third kappa shape index (κ3) is 7.88. The number of rotatable bonds is 13. The molecule has 0 unspecified atom stereocenters. The number of benzene rings is 6. The van der Waals surface area contributed by atoms with Crippen molar-refractivity contribution in [2.45, 2.75) is 88.5 Å². The van der Waals surface area contributed by atoms with Crippen molar-refractivity contribution >= 4 is 39.7 Å². The smallest absolute Gasteiger partial charge is 0.407 e. The van der Waals surface area contributed by atoms with Crippen LogP contribution in [0, 0.1) is 12.7 Å². The fraction of sp³-hybridized carbons (Fsp3) is 0.281. The van der Waals surface area contributed by atoms with E-state index in [-0.39, 0.29) is 37.0 Å². The van der Waals surface area contributed by atoms with Gasteiger partial charge in [-0.15, -0.1) is 11.8 Å². The molecule has 0 bridgehead atoms. The first kappa shape index (κ1) is 44.2. The quantitative estimate of drug-likeness (QED) is 0.0910. The van der Waals surface area contributed by atoms with E-state index in [0.29, 0.717) is 27.6 Å². The number of pyridine rings is 1. The molecule has 1 amide bonds. The van der Waals surface area contributed by atoms with Gasteiger partial charge in [0.2, 0.25) is 0 Å². The Morgan fingerprint density at radius 3 is 1.91 bits per heavy atom. The minimum absolute atomic E-state index is 0.210. The van der Waals surface area contributed by atoms with Gasteiger partial charge in [0.1, 0.15) is 28.6 Å². The number of hydrogen-bond acceptors (Lipinski definition) is 6. The Kier molecular flexibility index (Phi) is 11.6. The van der Waals surface area contributed by atoms with Gasteiger partial charge in [0.25, 0.3) is 0 Å². The van der Waals surface area contributed by atoms with Crippen LogP contribution in [0.2, 0.25) is 0 Å². The van der Waals surface area contributed by atoms with E-state index in [1.165, 1.54) is 4.90 Å². The third-order valence-electron chi connectivity index (χ3n) is 13.4. The molecule has 2 aromatic heterocycles. The molecule has 10 rings (SSSR count). The fourth-order valence-electron chi connectivity index (χ4n) is 10.00. The van der Waals surface area contributed by atoms with Crippen LogP contribution in [-0.4, -0.2) is 55.8 Å². The Labute approximate surface area is 395 Å². The first-order chi connectivity index (χ1) is 32.4. The van der Waals surface area contributed by atoms with Crippen LogP contribution in [0.4, 0.5) is 9.18 Å². The van der Waals surface area contributed by atoms with Gasteiger partial charge in [0.05, 0.1) is 24.1 Å². The van der Waals surface area contributed by atoms with E-state index in [0.717, 1.165) is 79.4 Å². The van der Waals surface area contributed by atoms with Gasteiger partial charge in [-0.3, -0.25) is 4.68 Å². The zero-order chi connectivity index (χ0) is 46.6. The highest BCUT2D eigenvalue weighted by atomic mass is 32.2. The number of carboxylic acid groups (broad SMARTS) is 1. The van der Waals surface area contributed by atoms with E-state index in [1.807, 2.05) is 67.1 Å². The summed E-state index contributed by atoms with van der Waals surface area (Å²) in [4.78, 5) is 18.9. The molecule has 2 aliphatic rings. The molecular formula is C57H55FN4O4S. The highest BCUT2D eigenvalue weighted by Crippen LogP contribution is 2.55. The van der Waals surface area contributed by atoms with E-state index in [1.54, 1.807) is 17.8 Å². The number of ether oxygens (including phenoxy) is 2. The van der Waals surface area contributed by atoms with Crippen molar-refractivity contribution in [3.8, 4) is 22.6 Å². The number of nitrogens with zero attached hydrogens (tertiary/aromatic N) is 4. The maximum Gasteiger partial charge on any atom is 0.407 e. The van der Waals surface area contributed by atoms with Crippen molar-refractivity contribution in [1.29, 1.82) is 0 Å². The number of halogens is 1. The average molecular weight is 911 g/mol. The van der Waals surface area contributed by atoms with E-state index < -0.39 is 17.0 Å². The summed E-state index contributed by atoms with van der Waals surface area (Å²) in [6, 6.07) is 45.2. The molecule has 1 saturated carbocycles. The predicted molar refractivity (Wildman–Crippen MR) is 266 cm³/mol. The molecule has 0 radical (unpaired) electrons. The standard InChI is InChI=1S/C57H55FN4O4S/c1-7-67-54-53(65-36(3)37-20-12-8-13-21-37)52(66-42-32-61(33-42)55(63)64)44-30-43(38-28-29-38)49(50(51(44)59-54)56(4,5)6)48-35(2)46(58)31-47-45(48)34-62(60-47)57(39-22-14-9-15-23-39,40-24-16-10-17-25-40)41-26-18-11-19-27-41/h8-27,30-31,34,36,38,42H,7,28-29,32-33H2,1-6H3,(H,63,64)/t36-/m0/s1. The van der Waals surface area contributed by atoms with Crippen LogP contribution >= 0.6 is 11.8 Å². The number of amides is 1. The van der Waals surface area contributed by atoms with Crippen LogP contribution in [0.1, 0.15) is 98.4 Å². The van der Waals surface area contributed by atoms with E-state index >= 15 is 4.39 Å². The molecule has 1 saturated heterocycles. The lowest BCUT2D eigenvalue weighted by Gasteiger charge is -2.38. The molecule has 10 heteroatoms. The summed E-state index contributed by atoms with van der Waals surface area (Å²) in [6.45, 7) is 13.1. The number of aromatic nitrogens is 3. The minimum atomic E-state index is -0.972. The molecular weight excluding hydrogens is 856 g/mol. The summed E-state index contributed by atoms with van der Waals surface area (Å²) in [5.41, 5.74) is 8.38. The molecule has 0 spiro atoms. The summed E-state index contributed by atoms with van der Waals surface area (Å²) in [5, 5.41) is 17.5. The summed E-state index contributed by atoms with van der Waals surface area (Å²) >= 11 is 1.58. The zero-order valence-electron chi connectivity index (χ0n) is 38.8. The monoisotopic (exact) mass is 910 g/mol.